The molecule has 1 saturated carbocycles. The SMILES string of the molecule is CCOc1cccc(C2C3=CCC4C(=O)N(c5ccc(C(=O)O)c(O)c5)C(=O)C4C3CC3(Cl)C(=O)N(CBr)C(=O)C23Cl)c1O. The summed E-state index contributed by atoms with van der Waals surface area (Å²) in [5.74, 6) is -8.86. The molecule has 2 aliphatic heterocycles. The van der Waals surface area contributed by atoms with Crippen LogP contribution in [0.4, 0.5) is 5.69 Å². The number of anilines is 1. The average Bonchev–Trinajstić information content (AvgIpc) is 3.32. The number of halogens is 3. The molecule has 0 aromatic heterocycles. The number of rotatable bonds is 6. The van der Waals surface area contributed by atoms with Gasteiger partial charge in [0.05, 0.1) is 29.6 Å². The van der Waals surface area contributed by atoms with Gasteiger partial charge in [-0.15, -0.1) is 23.2 Å². The van der Waals surface area contributed by atoms with Gasteiger partial charge in [0.2, 0.25) is 11.8 Å². The zero-order valence-corrected chi connectivity index (χ0v) is 26.1. The lowest BCUT2D eigenvalue weighted by molar-refractivity contribution is -0.138. The van der Waals surface area contributed by atoms with Gasteiger partial charge in [0.15, 0.2) is 21.2 Å². The van der Waals surface area contributed by atoms with Gasteiger partial charge in [-0.05, 0) is 43.9 Å². The molecule has 2 aromatic carbocycles. The van der Waals surface area contributed by atoms with Crippen molar-refractivity contribution >= 4 is 74.4 Å². The summed E-state index contributed by atoms with van der Waals surface area (Å²) in [4.78, 5) is 64.5. The number of carboxylic acid groups (broad SMARTS) is 1. The molecule has 4 aliphatic rings. The minimum absolute atomic E-state index is 0.0160. The molecule has 2 aliphatic carbocycles. The van der Waals surface area contributed by atoms with Crippen LogP contribution in [0.2, 0.25) is 0 Å². The third kappa shape index (κ3) is 3.89. The highest BCUT2D eigenvalue weighted by Crippen LogP contribution is 2.66. The number of benzene rings is 2. The number of phenols is 2. The summed E-state index contributed by atoms with van der Waals surface area (Å²) in [6.07, 6.45) is 1.54. The monoisotopic (exact) mass is 706 g/mol. The van der Waals surface area contributed by atoms with Crippen LogP contribution in [-0.2, 0) is 19.2 Å². The van der Waals surface area contributed by atoms with Gasteiger partial charge in [-0.3, -0.25) is 24.1 Å². The molecule has 14 heteroatoms. The highest BCUT2D eigenvalue weighted by Gasteiger charge is 2.76. The van der Waals surface area contributed by atoms with Gasteiger partial charge in [0.25, 0.3) is 11.8 Å². The number of aromatic hydroxyl groups is 2. The Morgan fingerprint density at radius 1 is 1.07 bits per heavy atom. The van der Waals surface area contributed by atoms with Crippen LogP contribution in [0, 0.1) is 17.8 Å². The Labute approximate surface area is 269 Å². The predicted molar refractivity (Wildman–Crippen MR) is 160 cm³/mol. The van der Waals surface area contributed by atoms with Crippen LogP contribution in [0.5, 0.6) is 17.2 Å². The third-order valence-electron chi connectivity index (χ3n) is 9.13. The lowest BCUT2D eigenvalue weighted by Crippen LogP contribution is -2.60. The number of fused-ring (bicyclic) bond motifs is 4. The molecule has 2 aromatic rings. The number of allylic oxidation sites excluding steroid dienone is 2. The second-order valence-electron chi connectivity index (χ2n) is 11.1. The lowest BCUT2D eigenvalue weighted by atomic mass is 9.56. The Morgan fingerprint density at radius 2 is 1.80 bits per heavy atom. The van der Waals surface area contributed by atoms with E-state index in [1.807, 2.05) is 0 Å². The van der Waals surface area contributed by atoms with E-state index in [-0.39, 0.29) is 47.7 Å². The van der Waals surface area contributed by atoms with Crippen molar-refractivity contribution in [3.05, 3.63) is 59.2 Å². The summed E-state index contributed by atoms with van der Waals surface area (Å²) < 4.78 is 5.58. The molecule has 6 unspecified atom stereocenters. The normalized spacial score (nSPS) is 31.0. The summed E-state index contributed by atoms with van der Waals surface area (Å²) in [6.45, 7) is 1.96. The maximum atomic E-state index is 14.1. The average molecular weight is 708 g/mol. The fraction of sp³-hybridized carbons (Fsp3) is 0.367. The second-order valence-corrected chi connectivity index (χ2v) is 12.9. The molecule has 0 radical (unpaired) electrons. The summed E-state index contributed by atoms with van der Waals surface area (Å²) in [5.41, 5.74) is 0.0403. The summed E-state index contributed by atoms with van der Waals surface area (Å²) in [6, 6.07) is 8.08. The standard InChI is InChI=1S/C30H25BrCl2N2O9/c1-2-44-20-5-3-4-17(23(20)37)22-14-8-9-16-21(18(14)11-29(32)27(42)34(12-31)28(43)30(22,29)33)25(39)35(24(16)38)13-6-7-15(26(40)41)19(36)10-13/h3-8,10,16,18,21-22,36-37H,2,9,11-12H2,1H3,(H,40,41). The molecule has 0 bridgehead atoms. The molecule has 2 saturated heterocycles. The van der Waals surface area contributed by atoms with E-state index in [1.54, 1.807) is 25.1 Å². The molecule has 44 heavy (non-hydrogen) atoms. The zero-order chi connectivity index (χ0) is 31.9. The van der Waals surface area contributed by atoms with Crippen molar-refractivity contribution in [1.82, 2.24) is 4.90 Å². The number of hydrogen-bond donors (Lipinski definition) is 3. The molecular weight excluding hydrogens is 683 g/mol. The van der Waals surface area contributed by atoms with Crippen molar-refractivity contribution in [2.45, 2.75) is 35.4 Å². The van der Waals surface area contributed by atoms with E-state index in [0.29, 0.717) is 5.57 Å². The number of para-hydroxylation sites is 1. The van der Waals surface area contributed by atoms with Crippen molar-refractivity contribution in [3.8, 4) is 17.2 Å². The number of carbonyl (C=O) groups excluding carboxylic acids is 4. The van der Waals surface area contributed by atoms with Crippen LogP contribution in [-0.4, -0.2) is 71.6 Å². The fourth-order valence-corrected chi connectivity index (χ4v) is 8.65. The summed E-state index contributed by atoms with van der Waals surface area (Å²) >= 11 is 17.6. The van der Waals surface area contributed by atoms with Crippen LogP contribution >= 0.6 is 39.1 Å². The van der Waals surface area contributed by atoms with E-state index in [1.165, 1.54) is 12.1 Å². The quantitative estimate of drug-likeness (QED) is 0.174. The van der Waals surface area contributed by atoms with Crippen LogP contribution in [0.25, 0.3) is 0 Å². The van der Waals surface area contributed by atoms with E-state index in [0.717, 1.165) is 21.9 Å². The molecule has 2 heterocycles. The highest BCUT2D eigenvalue weighted by molar-refractivity contribution is 9.09. The molecule has 0 spiro atoms. The first kappa shape index (κ1) is 30.4. The Kier molecular flexibility index (Phi) is 7.25. The molecular formula is C30H25BrCl2N2O9. The molecule has 11 nitrogen and oxygen atoms in total. The van der Waals surface area contributed by atoms with Gasteiger partial charge >= 0.3 is 5.97 Å². The van der Waals surface area contributed by atoms with E-state index in [2.05, 4.69) is 15.9 Å². The number of ether oxygens (including phenoxy) is 1. The Morgan fingerprint density at radius 3 is 2.43 bits per heavy atom. The van der Waals surface area contributed by atoms with Crippen LogP contribution in [0.15, 0.2) is 48.0 Å². The number of carboxylic acids is 1. The summed E-state index contributed by atoms with van der Waals surface area (Å²) in [7, 11) is 0. The number of phenolic OH excluding ortho intramolecular Hbond substituents is 1. The first-order chi connectivity index (χ1) is 20.8. The topological polar surface area (TPSA) is 162 Å². The Hall–Kier alpha value is -3.61. The van der Waals surface area contributed by atoms with Crippen LogP contribution < -0.4 is 9.64 Å². The largest absolute Gasteiger partial charge is 0.507 e. The number of aromatic carboxylic acids is 1. The molecule has 3 N–H and O–H groups in total. The molecule has 3 fully saturated rings. The van der Waals surface area contributed by atoms with Crippen molar-refractivity contribution < 1.29 is 44.0 Å². The predicted octanol–water partition coefficient (Wildman–Crippen LogP) is 4.11. The van der Waals surface area contributed by atoms with Crippen molar-refractivity contribution in [2.75, 3.05) is 17.0 Å². The van der Waals surface area contributed by atoms with Crippen molar-refractivity contribution in [3.63, 3.8) is 0 Å². The Balaban J connectivity index is 1.51. The third-order valence-corrected chi connectivity index (χ3v) is 11.0. The van der Waals surface area contributed by atoms with E-state index >= 15 is 0 Å². The summed E-state index contributed by atoms with van der Waals surface area (Å²) in [5, 5.41) is 30.9. The lowest BCUT2D eigenvalue weighted by Gasteiger charge is -2.50. The Bertz CT molecular complexity index is 1700. The van der Waals surface area contributed by atoms with Gasteiger partial charge in [0.1, 0.15) is 11.3 Å². The minimum atomic E-state index is -2.10. The number of alkyl halides is 3. The first-order valence-corrected chi connectivity index (χ1v) is 15.6. The number of hydrogen-bond acceptors (Lipinski definition) is 8. The van der Waals surface area contributed by atoms with Crippen molar-refractivity contribution in [1.29, 1.82) is 0 Å². The molecule has 230 valence electrons. The van der Waals surface area contributed by atoms with Gasteiger partial charge < -0.3 is 20.1 Å². The van der Waals surface area contributed by atoms with E-state index < -0.39 is 74.3 Å². The number of carbonyl (C=O) groups is 5. The molecule has 6 atom stereocenters. The van der Waals surface area contributed by atoms with Crippen LogP contribution in [0.1, 0.15) is 41.6 Å². The smallest absolute Gasteiger partial charge is 0.339 e. The van der Waals surface area contributed by atoms with Gasteiger partial charge in [-0.2, -0.15) is 0 Å². The molecule has 6 rings (SSSR count). The van der Waals surface area contributed by atoms with Crippen molar-refractivity contribution in [2.24, 2.45) is 17.8 Å². The highest BCUT2D eigenvalue weighted by atomic mass is 79.9. The maximum absolute atomic E-state index is 14.1. The fourth-order valence-electron chi connectivity index (χ4n) is 7.24. The first-order valence-electron chi connectivity index (χ1n) is 13.7. The van der Waals surface area contributed by atoms with E-state index in [9.17, 15) is 39.3 Å². The minimum Gasteiger partial charge on any atom is -0.507 e. The molecule has 4 amide bonds. The van der Waals surface area contributed by atoms with Gasteiger partial charge in [-0.1, -0.05) is 39.7 Å². The van der Waals surface area contributed by atoms with Crippen LogP contribution in [0.3, 0.4) is 0 Å². The number of amides is 4. The zero-order valence-electron chi connectivity index (χ0n) is 23.0. The number of likely N-dealkylation sites (tertiary alicyclic amines) is 1. The van der Waals surface area contributed by atoms with E-state index in [4.69, 9.17) is 27.9 Å². The van der Waals surface area contributed by atoms with Gasteiger partial charge in [0, 0.05) is 17.5 Å². The number of nitrogens with zero attached hydrogens (tertiary/aromatic N) is 2. The maximum Gasteiger partial charge on any atom is 0.339 e. The van der Waals surface area contributed by atoms with Gasteiger partial charge in [-0.25, -0.2) is 9.69 Å². The second kappa shape index (κ2) is 10.5. The number of imide groups is 2.